The summed E-state index contributed by atoms with van der Waals surface area (Å²) in [5, 5.41) is 0. The molecule has 2 heterocycles. The third-order valence-electron chi connectivity index (χ3n) is 4.69. The van der Waals surface area contributed by atoms with E-state index in [0.717, 1.165) is 25.9 Å². The molecule has 1 saturated heterocycles. The van der Waals surface area contributed by atoms with Crippen LogP contribution >= 0.6 is 0 Å². The van der Waals surface area contributed by atoms with Crippen molar-refractivity contribution >= 4 is 11.4 Å². The molecular weight excluding hydrogens is 315 g/mol. The van der Waals surface area contributed by atoms with Crippen LogP contribution in [0.5, 0.6) is 0 Å². The van der Waals surface area contributed by atoms with Gasteiger partial charge in [-0.1, -0.05) is 18.2 Å². The number of nitrogens with zero attached hydrogens (tertiary/aromatic N) is 2. The standard InChI is InChI=1S/C18H22F3N3/c1-13-12-22-16(14-8-10-23(2)11-9-14)17(13)24(18(19,20)21)15-6-4-3-5-7-15/h3-7,12,14,22H,8-11H2,1-2H3. The summed E-state index contributed by atoms with van der Waals surface area (Å²) >= 11 is 0. The number of anilines is 2. The normalized spacial score (nSPS) is 17.2. The Morgan fingerprint density at radius 2 is 1.75 bits per heavy atom. The van der Waals surface area contributed by atoms with Crippen LogP contribution in [0.3, 0.4) is 0 Å². The molecule has 1 aliphatic heterocycles. The Morgan fingerprint density at radius 1 is 1.12 bits per heavy atom. The summed E-state index contributed by atoms with van der Waals surface area (Å²) in [6.07, 6.45) is -1.06. The molecule has 130 valence electrons. The summed E-state index contributed by atoms with van der Waals surface area (Å²) in [7, 11) is 2.04. The minimum absolute atomic E-state index is 0.124. The Labute approximate surface area is 140 Å². The number of nitrogens with one attached hydrogen (secondary N) is 1. The smallest absolute Gasteiger partial charge is 0.363 e. The van der Waals surface area contributed by atoms with Gasteiger partial charge in [-0.05, 0) is 57.6 Å². The van der Waals surface area contributed by atoms with Crippen LogP contribution in [0.1, 0.15) is 30.0 Å². The van der Waals surface area contributed by atoms with Crippen molar-refractivity contribution < 1.29 is 13.2 Å². The summed E-state index contributed by atoms with van der Waals surface area (Å²) in [4.78, 5) is 5.84. The zero-order chi connectivity index (χ0) is 17.3. The summed E-state index contributed by atoms with van der Waals surface area (Å²) in [6.45, 7) is 3.53. The Kier molecular flexibility index (Phi) is 4.58. The number of likely N-dealkylation sites (tertiary alicyclic amines) is 1. The summed E-state index contributed by atoms with van der Waals surface area (Å²) < 4.78 is 41.6. The predicted octanol–water partition coefficient (Wildman–Crippen LogP) is 4.79. The molecule has 1 aromatic heterocycles. The molecule has 24 heavy (non-hydrogen) atoms. The zero-order valence-corrected chi connectivity index (χ0v) is 13.9. The fourth-order valence-corrected chi connectivity index (χ4v) is 3.42. The fourth-order valence-electron chi connectivity index (χ4n) is 3.42. The van der Waals surface area contributed by atoms with Gasteiger partial charge in [-0.3, -0.25) is 4.90 Å². The van der Waals surface area contributed by atoms with E-state index in [4.69, 9.17) is 0 Å². The highest BCUT2D eigenvalue weighted by Gasteiger charge is 2.42. The van der Waals surface area contributed by atoms with Gasteiger partial charge in [0.25, 0.3) is 0 Å². The lowest BCUT2D eigenvalue weighted by Gasteiger charge is -2.33. The van der Waals surface area contributed by atoms with Gasteiger partial charge < -0.3 is 9.88 Å². The minimum Gasteiger partial charge on any atom is -0.363 e. The van der Waals surface area contributed by atoms with E-state index >= 15 is 0 Å². The van der Waals surface area contributed by atoms with Crippen molar-refractivity contribution in [3.63, 3.8) is 0 Å². The van der Waals surface area contributed by atoms with E-state index in [0.29, 0.717) is 16.2 Å². The highest BCUT2D eigenvalue weighted by Crippen LogP contribution is 2.44. The first kappa shape index (κ1) is 16.9. The second kappa shape index (κ2) is 6.51. The molecule has 1 aromatic carbocycles. The summed E-state index contributed by atoms with van der Waals surface area (Å²) in [5.74, 6) is 0.124. The molecule has 1 N–H and O–H groups in total. The molecule has 3 nitrogen and oxygen atoms in total. The molecule has 1 fully saturated rings. The van der Waals surface area contributed by atoms with Crippen molar-refractivity contribution in [3.05, 3.63) is 47.8 Å². The lowest BCUT2D eigenvalue weighted by atomic mass is 9.92. The second-order valence-electron chi connectivity index (χ2n) is 6.45. The summed E-state index contributed by atoms with van der Waals surface area (Å²) in [5.41, 5.74) is 1.71. The highest BCUT2D eigenvalue weighted by atomic mass is 19.4. The number of benzene rings is 1. The number of aryl methyl sites for hydroxylation is 1. The largest absolute Gasteiger partial charge is 0.489 e. The van der Waals surface area contributed by atoms with Gasteiger partial charge in [-0.25, -0.2) is 0 Å². The molecule has 0 spiro atoms. The van der Waals surface area contributed by atoms with E-state index in [1.54, 1.807) is 31.3 Å². The van der Waals surface area contributed by atoms with E-state index in [1.165, 1.54) is 12.1 Å². The average Bonchev–Trinajstić information content (AvgIpc) is 2.90. The van der Waals surface area contributed by atoms with Gasteiger partial charge in [-0.15, -0.1) is 13.2 Å². The molecule has 2 aromatic rings. The van der Waals surface area contributed by atoms with Crippen molar-refractivity contribution in [1.29, 1.82) is 0 Å². The number of rotatable bonds is 3. The van der Waals surface area contributed by atoms with Crippen molar-refractivity contribution in [1.82, 2.24) is 9.88 Å². The van der Waals surface area contributed by atoms with Crippen LogP contribution in [0.4, 0.5) is 24.5 Å². The topological polar surface area (TPSA) is 22.3 Å². The number of para-hydroxylation sites is 1. The van der Waals surface area contributed by atoms with E-state index in [9.17, 15) is 13.2 Å². The molecule has 6 heteroatoms. The first-order valence-corrected chi connectivity index (χ1v) is 8.16. The van der Waals surface area contributed by atoms with Crippen molar-refractivity contribution in [2.45, 2.75) is 32.0 Å². The second-order valence-corrected chi connectivity index (χ2v) is 6.45. The molecule has 0 radical (unpaired) electrons. The van der Waals surface area contributed by atoms with E-state index in [2.05, 4.69) is 9.88 Å². The van der Waals surface area contributed by atoms with Gasteiger partial charge in [0, 0.05) is 23.5 Å². The first-order valence-electron chi connectivity index (χ1n) is 8.16. The molecule has 0 aliphatic carbocycles. The SMILES string of the molecule is Cc1c[nH]c(C2CCN(C)CC2)c1N(c1ccccc1)C(F)(F)F. The maximum absolute atomic E-state index is 13.9. The van der Waals surface area contributed by atoms with E-state index in [1.807, 2.05) is 7.05 Å². The Hall–Kier alpha value is -1.95. The number of hydrogen-bond donors (Lipinski definition) is 1. The van der Waals surface area contributed by atoms with Crippen molar-refractivity contribution in [3.8, 4) is 0 Å². The van der Waals surface area contributed by atoms with Gasteiger partial charge in [0.15, 0.2) is 0 Å². The van der Waals surface area contributed by atoms with Crippen LogP contribution in [0.2, 0.25) is 0 Å². The van der Waals surface area contributed by atoms with Crippen LogP contribution in [0.25, 0.3) is 0 Å². The number of aromatic amines is 1. The lowest BCUT2D eigenvalue weighted by Crippen LogP contribution is -2.35. The van der Waals surface area contributed by atoms with Crippen molar-refractivity contribution in [2.24, 2.45) is 0 Å². The highest BCUT2D eigenvalue weighted by molar-refractivity contribution is 5.70. The Morgan fingerprint density at radius 3 is 2.33 bits per heavy atom. The number of piperidine rings is 1. The van der Waals surface area contributed by atoms with Gasteiger partial charge in [0.05, 0.1) is 5.69 Å². The van der Waals surface area contributed by atoms with E-state index in [-0.39, 0.29) is 17.3 Å². The predicted molar refractivity (Wildman–Crippen MR) is 89.6 cm³/mol. The van der Waals surface area contributed by atoms with Gasteiger partial charge in [0.2, 0.25) is 0 Å². The number of H-pyrrole nitrogens is 1. The number of aromatic nitrogens is 1. The van der Waals surface area contributed by atoms with Crippen molar-refractivity contribution in [2.75, 3.05) is 25.0 Å². The molecule has 0 amide bonds. The fraction of sp³-hybridized carbons (Fsp3) is 0.444. The molecule has 3 rings (SSSR count). The molecule has 0 unspecified atom stereocenters. The zero-order valence-electron chi connectivity index (χ0n) is 13.9. The number of hydrogen-bond acceptors (Lipinski definition) is 2. The quantitative estimate of drug-likeness (QED) is 0.814. The Balaban J connectivity index is 2.04. The lowest BCUT2D eigenvalue weighted by molar-refractivity contribution is -0.121. The maximum Gasteiger partial charge on any atom is 0.489 e. The third kappa shape index (κ3) is 3.29. The van der Waals surface area contributed by atoms with E-state index < -0.39 is 6.30 Å². The third-order valence-corrected chi connectivity index (χ3v) is 4.69. The number of halogens is 3. The molecular formula is C18H22F3N3. The van der Waals surface area contributed by atoms with Crippen LogP contribution in [0, 0.1) is 6.92 Å². The average molecular weight is 337 g/mol. The van der Waals surface area contributed by atoms with Crippen LogP contribution in [-0.2, 0) is 0 Å². The first-order chi connectivity index (χ1) is 11.4. The van der Waals surface area contributed by atoms with Crippen LogP contribution < -0.4 is 4.90 Å². The van der Waals surface area contributed by atoms with Gasteiger partial charge in [0.1, 0.15) is 0 Å². The number of alkyl halides is 3. The van der Waals surface area contributed by atoms with Crippen LogP contribution in [-0.4, -0.2) is 36.3 Å². The van der Waals surface area contributed by atoms with Gasteiger partial charge >= 0.3 is 6.30 Å². The monoisotopic (exact) mass is 337 g/mol. The summed E-state index contributed by atoms with van der Waals surface area (Å²) in [6, 6.07) is 7.98. The minimum atomic E-state index is -4.48. The molecule has 0 bridgehead atoms. The molecule has 0 saturated carbocycles. The Bertz CT molecular complexity index is 671. The molecule has 0 atom stereocenters. The molecule has 1 aliphatic rings. The van der Waals surface area contributed by atoms with Crippen LogP contribution in [0.15, 0.2) is 36.5 Å². The maximum atomic E-state index is 13.9. The van der Waals surface area contributed by atoms with Gasteiger partial charge in [-0.2, -0.15) is 0 Å².